The summed E-state index contributed by atoms with van der Waals surface area (Å²) < 4.78 is 5.47. The second-order valence-corrected chi connectivity index (χ2v) is 5.95. The van der Waals surface area contributed by atoms with E-state index in [0.29, 0.717) is 34.2 Å². The first-order valence-electron chi connectivity index (χ1n) is 7.83. The smallest absolute Gasteiger partial charge is 0.277 e. The summed E-state index contributed by atoms with van der Waals surface area (Å²) >= 11 is 5.92. The first-order chi connectivity index (χ1) is 12.0. The molecule has 6 heteroatoms. The number of carbonyl (C=O) groups is 2. The Morgan fingerprint density at radius 1 is 1.08 bits per heavy atom. The zero-order chi connectivity index (χ0) is 18.0. The molecule has 1 aliphatic rings. The molecule has 1 heterocycles. The molecule has 0 radical (unpaired) electrons. The lowest BCUT2D eigenvalue weighted by molar-refractivity contribution is -0.135. The minimum atomic E-state index is -0.378. The molecule has 0 unspecified atom stereocenters. The number of carbonyl (C=O) groups excluding carboxylic acids is 2. The van der Waals surface area contributed by atoms with Gasteiger partial charge in [0.25, 0.3) is 11.8 Å². The Morgan fingerprint density at radius 3 is 2.48 bits per heavy atom. The molecular weight excluding hydrogens is 340 g/mol. The number of amides is 2. The van der Waals surface area contributed by atoms with Crippen molar-refractivity contribution in [2.45, 2.75) is 6.92 Å². The molecule has 2 amide bonds. The fraction of sp³-hybridized carbons (Fsp3) is 0.158. The van der Waals surface area contributed by atoms with E-state index in [1.807, 2.05) is 25.1 Å². The van der Waals surface area contributed by atoms with Crippen LogP contribution in [-0.4, -0.2) is 30.4 Å². The largest absolute Gasteiger partial charge is 0.494 e. The van der Waals surface area contributed by atoms with E-state index in [1.165, 1.54) is 7.05 Å². The van der Waals surface area contributed by atoms with Gasteiger partial charge in [-0.2, -0.15) is 0 Å². The predicted molar refractivity (Wildman–Crippen MR) is 97.4 cm³/mol. The fourth-order valence-electron chi connectivity index (χ4n) is 2.62. The van der Waals surface area contributed by atoms with Crippen LogP contribution in [0.1, 0.15) is 12.5 Å². The summed E-state index contributed by atoms with van der Waals surface area (Å²) in [5.74, 6) is -0.0428. The molecule has 2 aromatic carbocycles. The molecule has 0 aromatic heterocycles. The molecule has 0 spiro atoms. The normalized spacial score (nSPS) is 14.3. The molecule has 0 bridgehead atoms. The van der Waals surface area contributed by atoms with Crippen molar-refractivity contribution in [1.29, 1.82) is 0 Å². The number of imide groups is 1. The van der Waals surface area contributed by atoms with Gasteiger partial charge in [-0.3, -0.25) is 14.5 Å². The van der Waals surface area contributed by atoms with Gasteiger partial charge in [0.2, 0.25) is 0 Å². The third kappa shape index (κ3) is 3.37. The average molecular weight is 357 g/mol. The van der Waals surface area contributed by atoms with E-state index in [0.717, 1.165) is 4.90 Å². The number of rotatable bonds is 5. The van der Waals surface area contributed by atoms with E-state index >= 15 is 0 Å². The minimum absolute atomic E-state index is 0.239. The van der Waals surface area contributed by atoms with E-state index in [-0.39, 0.29) is 17.5 Å². The summed E-state index contributed by atoms with van der Waals surface area (Å²) in [6.07, 6.45) is 0. The van der Waals surface area contributed by atoms with Gasteiger partial charge in [-0.05, 0) is 36.8 Å². The standard InChI is InChI=1S/C19H17ClN2O3/c1-3-25-15-6-4-5-14(11-15)21-17-16(18(23)22(2)19(17)24)12-7-9-13(20)10-8-12/h4-11,21H,3H2,1-2H3. The first kappa shape index (κ1) is 17.0. The highest BCUT2D eigenvalue weighted by Gasteiger charge is 2.36. The molecule has 0 saturated carbocycles. The van der Waals surface area contributed by atoms with Crippen LogP contribution in [0.3, 0.4) is 0 Å². The molecule has 1 aliphatic heterocycles. The Kier molecular flexibility index (Phi) is 4.76. The van der Waals surface area contributed by atoms with Crippen LogP contribution in [-0.2, 0) is 9.59 Å². The number of hydrogen-bond donors (Lipinski definition) is 1. The Labute approximate surface area is 150 Å². The Hall–Kier alpha value is -2.79. The lowest BCUT2D eigenvalue weighted by atomic mass is 10.0. The molecule has 1 N–H and O–H groups in total. The molecule has 0 saturated heterocycles. The van der Waals surface area contributed by atoms with Crippen molar-refractivity contribution in [2.75, 3.05) is 19.0 Å². The average Bonchev–Trinajstić information content (AvgIpc) is 2.81. The Balaban J connectivity index is 2.02. The number of likely N-dealkylation sites (N-methyl/N-ethyl adjacent to an activating group) is 1. The summed E-state index contributed by atoms with van der Waals surface area (Å²) in [5.41, 5.74) is 1.87. The van der Waals surface area contributed by atoms with E-state index in [2.05, 4.69) is 5.32 Å². The molecule has 128 valence electrons. The molecule has 0 fully saturated rings. The van der Waals surface area contributed by atoms with Crippen molar-refractivity contribution in [3.05, 3.63) is 64.8 Å². The van der Waals surface area contributed by atoms with Crippen molar-refractivity contribution in [1.82, 2.24) is 4.90 Å². The quantitative estimate of drug-likeness (QED) is 0.832. The predicted octanol–water partition coefficient (Wildman–Crippen LogP) is 3.56. The molecule has 3 rings (SSSR count). The SMILES string of the molecule is CCOc1cccc(NC2=C(c3ccc(Cl)cc3)C(=O)N(C)C2=O)c1. The summed E-state index contributed by atoms with van der Waals surface area (Å²) in [4.78, 5) is 26.1. The van der Waals surface area contributed by atoms with E-state index < -0.39 is 0 Å². The van der Waals surface area contributed by atoms with Crippen molar-refractivity contribution in [3.63, 3.8) is 0 Å². The van der Waals surface area contributed by atoms with Gasteiger partial charge in [0.1, 0.15) is 11.4 Å². The summed E-state index contributed by atoms with van der Waals surface area (Å²) in [5, 5.41) is 3.63. The van der Waals surface area contributed by atoms with Gasteiger partial charge in [0, 0.05) is 23.8 Å². The molecule has 0 atom stereocenters. The Bertz CT molecular complexity index is 859. The fourth-order valence-corrected chi connectivity index (χ4v) is 2.74. The monoisotopic (exact) mass is 356 g/mol. The van der Waals surface area contributed by atoms with Crippen molar-refractivity contribution in [3.8, 4) is 5.75 Å². The highest BCUT2D eigenvalue weighted by Crippen LogP contribution is 2.31. The van der Waals surface area contributed by atoms with E-state index in [1.54, 1.807) is 30.3 Å². The number of nitrogens with one attached hydrogen (secondary N) is 1. The van der Waals surface area contributed by atoms with Gasteiger partial charge in [0.15, 0.2) is 0 Å². The molecular formula is C19H17ClN2O3. The third-order valence-electron chi connectivity index (χ3n) is 3.83. The zero-order valence-corrected chi connectivity index (χ0v) is 14.6. The van der Waals surface area contributed by atoms with Crippen molar-refractivity contribution < 1.29 is 14.3 Å². The number of hydrogen-bond acceptors (Lipinski definition) is 4. The number of halogens is 1. The third-order valence-corrected chi connectivity index (χ3v) is 4.09. The van der Waals surface area contributed by atoms with Gasteiger partial charge in [0.05, 0.1) is 12.2 Å². The topological polar surface area (TPSA) is 58.6 Å². The highest BCUT2D eigenvalue weighted by atomic mass is 35.5. The minimum Gasteiger partial charge on any atom is -0.494 e. The Morgan fingerprint density at radius 2 is 1.80 bits per heavy atom. The second-order valence-electron chi connectivity index (χ2n) is 5.51. The summed E-state index contributed by atoms with van der Waals surface area (Å²) in [6, 6.07) is 14.1. The molecule has 2 aromatic rings. The number of benzene rings is 2. The van der Waals surface area contributed by atoms with Crippen LogP contribution in [0.4, 0.5) is 5.69 Å². The first-order valence-corrected chi connectivity index (χ1v) is 8.21. The summed E-state index contributed by atoms with van der Waals surface area (Å²) in [7, 11) is 1.46. The molecule has 5 nitrogen and oxygen atoms in total. The maximum atomic E-state index is 12.5. The molecule has 25 heavy (non-hydrogen) atoms. The number of anilines is 1. The van der Waals surface area contributed by atoms with Crippen LogP contribution in [0, 0.1) is 0 Å². The lowest BCUT2D eigenvalue weighted by Crippen LogP contribution is -2.27. The summed E-state index contributed by atoms with van der Waals surface area (Å²) in [6.45, 7) is 2.44. The zero-order valence-electron chi connectivity index (χ0n) is 13.9. The van der Waals surface area contributed by atoms with Crippen LogP contribution in [0.5, 0.6) is 5.75 Å². The maximum absolute atomic E-state index is 12.5. The van der Waals surface area contributed by atoms with Crippen LogP contribution in [0.15, 0.2) is 54.2 Å². The van der Waals surface area contributed by atoms with Crippen molar-refractivity contribution in [2.24, 2.45) is 0 Å². The van der Waals surface area contributed by atoms with Gasteiger partial charge in [-0.1, -0.05) is 29.8 Å². The lowest BCUT2D eigenvalue weighted by Gasteiger charge is -2.10. The van der Waals surface area contributed by atoms with Crippen LogP contribution in [0.25, 0.3) is 5.57 Å². The molecule has 0 aliphatic carbocycles. The maximum Gasteiger partial charge on any atom is 0.277 e. The number of nitrogens with zero attached hydrogens (tertiary/aromatic N) is 1. The van der Waals surface area contributed by atoms with Crippen molar-refractivity contribution >= 4 is 34.7 Å². The van der Waals surface area contributed by atoms with Crippen LogP contribution in [0.2, 0.25) is 5.02 Å². The second kappa shape index (κ2) is 6.99. The van der Waals surface area contributed by atoms with E-state index in [4.69, 9.17) is 16.3 Å². The van der Waals surface area contributed by atoms with Gasteiger partial charge >= 0.3 is 0 Å². The van der Waals surface area contributed by atoms with Crippen LogP contribution < -0.4 is 10.1 Å². The van der Waals surface area contributed by atoms with Crippen LogP contribution >= 0.6 is 11.6 Å². The highest BCUT2D eigenvalue weighted by molar-refractivity contribution is 6.36. The van der Waals surface area contributed by atoms with E-state index in [9.17, 15) is 9.59 Å². The van der Waals surface area contributed by atoms with Gasteiger partial charge in [-0.25, -0.2) is 0 Å². The van der Waals surface area contributed by atoms with Gasteiger partial charge in [-0.15, -0.1) is 0 Å². The van der Waals surface area contributed by atoms with Gasteiger partial charge < -0.3 is 10.1 Å². The number of ether oxygens (including phenoxy) is 1.